The summed E-state index contributed by atoms with van der Waals surface area (Å²) >= 11 is 0. The fraction of sp³-hybridized carbons (Fsp3) is 0.478. The van der Waals surface area contributed by atoms with Crippen molar-refractivity contribution in [3.8, 4) is 5.75 Å². The Morgan fingerprint density at radius 3 is 2.70 bits per heavy atom. The van der Waals surface area contributed by atoms with Crippen molar-refractivity contribution in [2.75, 3.05) is 32.2 Å². The first-order valence-corrected chi connectivity index (χ1v) is 10.6. The molecule has 5 rings (SSSR count). The number of aryl methyl sites for hydroxylation is 1. The summed E-state index contributed by atoms with van der Waals surface area (Å²) in [6, 6.07) is 10.3. The van der Waals surface area contributed by atoms with Gasteiger partial charge in [0.05, 0.1) is 24.9 Å². The molecule has 1 aromatic carbocycles. The molecule has 2 aromatic heterocycles. The van der Waals surface area contributed by atoms with Crippen LogP contribution in [0.25, 0.3) is 5.52 Å². The van der Waals surface area contributed by atoms with Crippen molar-refractivity contribution in [2.45, 2.75) is 31.9 Å². The van der Waals surface area contributed by atoms with Crippen LogP contribution in [0.2, 0.25) is 0 Å². The normalized spacial score (nSPS) is 24.1. The molecule has 3 unspecified atom stereocenters. The Kier molecular flexibility index (Phi) is 5.31. The lowest BCUT2D eigenvalue weighted by molar-refractivity contribution is 0.137. The standard InChI is InChI=1S/C23H28N4O3/c1-15-21(30-19-8-17-11-29-12-18(17)9-19)10-27-22(15)23(24-14-25-27)26-20(13-28-2)16-6-4-3-5-7-16/h3-7,10,14,17-20H,8-9,11-13H2,1-2H3,(H,24,25,26). The number of hydrogen-bond acceptors (Lipinski definition) is 6. The maximum atomic E-state index is 6.42. The average molecular weight is 409 g/mol. The van der Waals surface area contributed by atoms with Crippen LogP contribution < -0.4 is 10.1 Å². The van der Waals surface area contributed by atoms with Crippen molar-refractivity contribution in [2.24, 2.45) is 11.8 Å². The largest absolute Gasteiger partial charge is 0.488 e. The Morgan fingerprint density at radius 2 is 1.97 bits per heavy atom. The third-order valence-electron chi connectivity index (χ3n) is 6.38. The van der Waals surface area contributed by atoms with E-state index < -0.39 is 0 Å². The number of anilines is 1. The van der Waals surface area contributed by atoms with Crippen LogP contribution in [0.15, 0.2) is 42.9 Å². The fourth-order valence-corrected chi connectivity index (χ4v) is 4.81. The zero-order chi connectivity index (χ0) is 20.5. The van der Waals surface area contributed by atoms with Gasteiger partial charge in [-0.15, -0.1) is 0 Å². The summed E-state index contributed by atoms with van der Waals surface area (Å²) in [4.78, 5) is 4.54. The van der Waals surface area contributed by atoms with Crippen molar-refractivity contribution < 1.29 is 14.2 Å². The number of fused-ring (bicyclic) bond motifs is 2. The lowest BCUT2D eigenvalue weighted by atomic mass is 10.0. The highest BCUT2D eigenvalue weighted by atomic mass is 16.5. The van der Waals surface area contributed by atoms with Crippen molar-refractivity contribution >= 4 is 11.3 Å². The Morgan fingerprint density at radius 1 is 1.20 bits per heavy atom. The molecule has 1 saturated heterocycles. The second-order valence-corrected chi connectivity index (χ2v) is 8.35. The van der Waals surface area contributed by atoms with Gasteiger partial charge < -0.3 is 19.5 Å². The molecule has 1 N–H and O–H groups in total. The minimum absolute atomic E-state index is 0.0113. The number of ether oxygens (including phenoxy) is 3. The van der Waals surface area contributed by atoms with E-state index in [2.05, 4.69) is 34.5 Å². The van der Waals surface area contributed by atoms with E-state index in [0.717, 1.165) is 54.3 Å². The number of benzene rings is 1. The highest BCUT2D eigenvalue weighted by Crippen LogP contribution is 2.40. The van der Waals surface area contributed by atoms with Crippen LogP contribution in [-0.4, -0.2) is 47.6 Å². The summed E-state index contributed by atoms with van der Waals surface area (Å²) in [6.45, 7) is 4.37. The molecular weight excluding hydrogens is 380 g/mol. The van der Waals surface area contributed by atoms with Crippen molar-refractivity contribution in [1.29, 1.82) is 0 Å². The Labute approximate surface area is 176 Å². The summed E-state index contributed by atoms with van der Waals surface area (Å²) in [5.74, 6) is 2.95. The SMILES string of the molecule is COCC(Nc1ncnn2cc(OC3CC4COCC4C3)c(C)c12)c1ccccc1. The molecule has 2 aliphatic rings. The molecule has 3 heterocycles. The Balaban J connectivity index is 1.41. The number of nitrogens with zero attached hydrogens (tertiary/aromatic N) is 3. The molecule has 7 heteroatoms. The van der Waals surface area contributed by atoms with Gasteiger partial charge in [-0.1, -0.05) is 30.3 Å². The minimum Gasteiger partial charge on any atom is -0.488 e. The predicted octanol–water partition coefficient (Wildman–Crippen LogP) is 3.64. The second kappa shape index (κ2) is 8.24. The highest BCUT2D eigenvalue weighted by molar-refractivity contribution is 5.75. The monoisotopic (exact) mass is 408 g/mol. The molecule has 2 fully saturated rings. The van der Waals surface area contributed by atoms with Gasteiger partial charge in [-0.05, 0) is 37.2 Å². The molecule has 3 aromatic rings. The van der Waals surface area contributed by atoms with E-state index in [1.165, 1.54) is 0 Å². The smallest absolute Gasteiger partial charge is 0.154 e. The molecule has 0 bridgehead atoms. The van der Waals surface area contributed by atoms with E-state index in [0.29, 0.717) is 18.4 Å². The highest BCUT2D eigenvalue weighted by Gasteiger charge is 2.39. The van der Waals surface area contributed by atoms with Gasteiger partial charge in [-0.3, -0.25) is 0 Å². The van der Waals surface area contributed by atoms with E-state index >= 15 is 0 Å². The number of hydrogen-bond donors (Lipinski definition) is 1. The quantitative estimate of drug-likeness (QED) is 0.644. The maximum Gasteiger partial charge on any atom is 0.154 e. The molecule has 7 nitrogen and oxygen atoms in total. The van der Waals surface area contributed by atoms with Crippen LogP contribution in [0.1, 0.15) is 30.0 Å². The zero-order valence-electron chi connectivity index (χ0n) is 17.5. The summed E-state index contributed by atoms with van der Waals surface area (Å²) < 4.78 is 19.3. The van der Waals surface area contributed by atoms with Gasteiger partial charge in [0.15, 0.2) is 5.82 Å². The van der Waals surface area contributed by atoms with E-state index in [-0.39, 0.29) is 12.1 Å². The first kappa shape index (κ1) is 19.3. The zero-order valence-corrected chi connectivity index (χ0v) is 17.5. The molecule has 0 spiro atoms. The van der Waals surface area contributed by atoms with E-state index in [1.807, 2.05) is 28.9 Å². The molecule has 1 aliphatic heterocycles. The fourth-order valence-electron chi connectivity index (χ4n) is 4.81. The molecule has 1 aliphatic carbocycles. The second-order valence-electron chi connectivity index (χ2n) is 8.35. The van der Waals surface area contributed by atoms with Gasteiger partial charge in [0, 0.05) is 25.9 Å². The first-order chi connectivity index (χ1) is 14.7. The number of rotatable bonds is 7. The third-order valence-corrected chi connectivity index (χ3v) is 6.38. The van der Waals surface area contributed by atoms with Gasteiger partial charge in [0.2, 0.25) is 0 Å². The third kappa shape index (κ3) is 3.63. The number of aromatic nitrogens is 3. The van der Waals surface area contributed by atoms with Crippen molar-refractivity contribution in [3.63, 3.8) is 0 Å². The van der Waals surface area contributed by atoms with Gasteiger partial charge in [-0.2, -0.15) is 5.10 Å². The van der Waals surface area contributed by atoms with Crippen LogP contribution in [-0.2, 0) is 9.47 Å². The summed E-state index contributed by atoms with van der Waals surface area (Å²) in [6.07, 6.45) is 5.92. The molecule has 0 radical (unpaired) electrons. The van der Waals surface area contributed by atoms with Crippen LogP contribution >= 0.6 is 0 Å². The number of nitrogens with one attached hydrogen (secondary N) is 1. The van der Waals surface area contributed by atoms with E-state index in [1.54, 1.807) is 13.4 Å². The average Bonchev–Trinajstić information content (AvgIpc) is 3.43. The van der Waals surface area contributed by atoms with Crippen LogP contribution in [0.5, 0.6) is 5.75 Å². The molecular formula is C23H28N4O3. The molecule has 158 valence electrons. The van der Waals surface area contributed by atoms with Gasteiger partial charge in [0.25, 0.3) is 0 Å². The molecule has 30 heavy (non-hydrogen) atoms. The number of methoxy groups -OCH3 is 1. The predicted molar refractivity (Wildman–Crippen MR) is 114 cm³/mol. The van der Waals surface area contributed by atoms with Crippen LogP contribution in [0.3, 0.4) is 0 Å². The van der Waals surface area contributed by atoms with Gasteiger partial charge in [0.1, 0.15) is 17.6 Å². The van der Waals surface area contributed by atoms with Gasteiger partial charge in [-0.25, -0.2) is 9.50 Å². The topological polar surface area (TPSA) is 69.9 Å². The summed E-state index contributed by atoms with van der Waals surface area (Å²) in [5.41, 5.74) is 3.14. The van der Waals surface area contributed by atoms with E-state index in [4.69, 9.17) is 14.2 Å². The Bertz CT molecular complexity index is 994. The minimum atomic E-state index is -0.0113. The first-order valence-electron chi connectivity index (χ1n) is 10.6. The summed E-state index contributed by atoms with van der Waals surface area (Å²) in [7, 11) is 1.71. The Hall–Kier alpha value is -2.64. The molecule has 0 amide bonds. The lowest BCUT2D eigenvalue weighted by Gasteiger charge is -2.19. The van der Waals surface area contributed by atoms with Crippen molar-refractivity contribution in [1.82, 2.24) is 14.6 Å². The van der Waals surface area contributed by atoms with Crippen LogP contribution in [0, 0.1) is 18.8 Å². The molecule has 3 atom stereocenters. The lowest BCUT2D eigenvalue weighted by Crippen LogP contribution is -2.18. The summed E-state index contributed by atoms with van der Waals surface area (Å²) in [5, 5.41) is 7.97. The van der Waals surface area contributed by atoms with Gasteiger partial charge >= 0.3 is 0 Å². The van der Waals surface area contributed by atoms with Crippen molar-refractivity contribution in [3.05, 3.63) is 54.0 Å². The maximum absolute atomic E-state index is 6.42. The van der Waals surface area contributed by atoms with E-state index in [9.17, 15) is 0 Å². The van der Waals surface area contributed by atoms with Crippen LogP contribution in [0.4, 0.5) is 5.82 Å². The molecule has 1 saturated carbocycles.